The third-order valence-corrected chi connectivity index (χ3v) is 5.65. The van der Waals surface area contributed by atoms with E-state index in [1.807, 2.05) is 6.92 Å². The van der Waals surface area contributed by atoms with E-state index in [2.05, 4.69) is 10.6 Å². The summed E-state index contributed by atoms with van der Waals surface area (Å²) in [5.74, 6) is -1.40. The molecule has 3 aromatic rings. The molecule has 0 saturated carbocycles. The van der Waals surface area contributed by atoms with Gasteiger partial charge in [0.25, 0.3) is 17.7 Å². The first-order chi connectivity index (χ1) is 17.6. The van der Waals surface area contributed by atoms with Crippen LogP contribution in [0, 0.1) is 0 Å². The quantitative estimate of drug-likeness (QED) is 0.378. The summed E-state index contributed by atoms with van der Waals surface area (Å²) in [4.78, 5) is 39.0. The van der Waals surface area contributed by atoms with Crippen LogP contribution in [0.15, 0.2) is 83.5 Å². The van der Waals surface area contributed by atoms with Crippen LogP contribution >= 0.6 is 11.6 Å². The maximum Gasteiger partial charge on any atom is 0.416 e. The summed E-state index contributed by atoms with van der Waals surface area (Å²) in [6, 6.07) is 16.4. The van der Waals surface area contributed by atoms with E-state index >= 15 is 0 Å². The number of ether oxygens (including phenoxy) is 1. The van der Waals surface area contributed by atoms with Crippen molar-refractivity contribution >= 4 is 46.4 Å². The summed E-state index contributed by atoms with van der Waals surface area (Å²) < 4.78 is 44.1. The van der Waals surface area contributed by atoms with Crippen LogP contribution in [0.5, 0.6) is 5.75 Å². The number of halogens is 4. The van der Waals surface area contributed by atoms with Crippen molar-refractivity contribution in [3.63, 3.8) is 0 Å². The molecule has 0 saturated heterocycles. The van der Waals surface area contributed by atoms with Gasteiger partial charge >= 0.3 is 6.18 Å². The average Bonchev–Trinajstić information content (AvgIpc) is 3.08. The minimum absolute atomic E-state index is 0.0107. The second-order valence-corrected chi connectivity index (χ2v) is 8.17. The fourth-order valence-electron chi connectivity index (χ4n) is 3.53. The Bertz CT molecular complexity index is 1390. The molecule has 0 radical (unpaired) electrons. The van der Waals surface area contributed by atoms with Crippen molar-refractivity contribution in [2.45, 2.75) is 13.1 Å². The number of benzene rings is 3. The van der Waals surface area contributed by atoms with Crippen LogP contribution in [-0.4, -0.2) is 24.3 Å². The first-order valence-electron chi connectivity index (χ1n) is 11.0. The number of nitrogens with zero attached hydrogens (tertiary/aromatic N) is 1. The van der Waals surface area contributed by atoms with E-state index in [1.165, 1.54) is 36.4 Å². The SMILES string of the molecule is CCOc1ccc(N2C(=O)C(Cl)=C(Nc3ccc(C(=O)Nc4cccc(C(F)(F)F)c4)cc3)C2=O)cc1. The fourth-order valence-corrected chi connectivity index (χ4v) is 3.74. The van der Waals surface area contributed by atoms with E-state index in [9.17, 15) is 27.6 Å². The van der Waals surface area contributed by atoms with Gasteiger partial charge in [0.2, 0.25) is 0 Å². The Balaban J connectivity index is 1.45. The van der Waals surface area contributed by atoms with Gasteiger partial charge < -0.3 is 15.4 Å². The van der Waals surface area contributed by atoms with Crippen LogP contribution in [0.4, 0.5) is 30.2 Å². The Morgan fingerprint density at radius 1 is 0.946 bits per heavy atom. The van der Waals surface area contributed by atoms with E-state index in [1.54, 1.807) is 24.3 Å². The van der Waals surface area contributed by atoms with Crippen molar-refractivity contribution in [1.82, 2.24) is 0 Å². The highest BCUT2D eigenvalue weighted by Gasteiger charge is 2.39. The number of carbonyl (C=O) groups is 3. The van der Waals surface area contributed by atoms with Gasteiger partial charge in [-0.2, -0.15) is 13.2 Å². The van der Waals surface area contributed by atoms with Crippen molar-refractivity contribution in [1.29, 1.82) is 0 Å². The highest BCUT2D eigenvalue weighted by molar-refractivity contribution is 6.53. The summed E-state index contributed by atoms with van der Waals surface area (Å²) in [7, 11) is 0. The molecule has 1 heterocycles. The molecule has 0 bridgehead atoms. The average molecular weight is 530 g/mol. The van der Waals surface area contributed by atoms with Crippen LogP contribution < -0.4 is 20.3 Å². The largest absolute Gasteiger partial charge is 0.494 e. The smallest absolute Gasteiger partial charge is 0.416 e. The van der Waals surface area contributed by atoms with Crippen molar-refractivity contribution in [2.75, 3.05) is 22.1 Å². The molecule has 190 valence electrons. The zero-order valence-electron chi connectivity index (χ0n) is 19.2. The highest BCUT2D eigenvalue weighted by Crippen LogP contribution is 2.32. The van der Waals surface area contributed by atoms with Crippen LogP contribution in [0.1, 0.15) is 22.8 Å². The number of hydrogen-bond acceptors (Lipinski definition) is 5. The number of nitrogens with one attached hydrogen (secondary N) is 2. The molecule has 37 heavy (non-hydrogen) atoms. The molecule has 3 amide bonds. The minimum Gasteiger partial charge on any atom is -0.494 e. The van der Waals surface area contributed by atoms with Crippen molar-refractivity contribution in [2.24, 2.45) is 0 Å². The molecular formula is C26H19ClF3N3O4. The van der Waals surface area contributed by atoms with E-state index in [-0.39, 0.29) is 22.0 Å². The highest BCUT2D eigenvalue weighted by atomic mass is 35.5. The van der Waals surface area contributed by atoms with Gasteiger partial charge in [-0.1, -0.05) is 17.7 Å². The predicted molar refractivity (Wildman–Crippen MR) is 132 cm³/mol. The third-order valence-electron chi connectivity index (χ3n) is 5.30. The lowest BCUT2D eigenvalue weighted by atomic mass is 10.1. The van der Waals surface area contributed by atoms with Gasteiger partial charge in [0, 0.05) is 16.9 Å². The number of anilines is 3. The van der Waals surface area contributed by atoms with Crippen LogP contribution in [0.3, 0.4) is 0 Å². The first-order valence-corrected chi connectivity index (χ1v) is 11.3. The van der Waals surface area contributed by atoms with E-state index in [0.717, 1.165) is 17.0 Å². The lowest BCUT2D eigenvalue weighted by Crippen LogP contribution is -2.32. The molecule has 0 aromatic heterocycles. The lowest BCUT2D eigenvalue weighted by molar-refractivity contribution is -0.137. The van der Waals surface area contributed by atoms with Gasteiger partial charge in [-0.3, -0.25) is 14.4 Å². The van der Waals surface area contributed by atoms with Crippen molar-refractivity contribution < 1.29 is 32.3 Å². The Labute approximate surface area is 214 Å². The zero-order valence-corrected chi connectivity index (χ0v) is 20.0. The predicted octanol–water partition coefficient (Wildman–Crippen LogP) is 5.79. The minimum atomic E-state index is -4.54. The summed E-state index contributed by atoms with van der Waals surface area (Å²) >= 11 is 6.15. The van der Waals surface area contributed by atoms with Crippen LogP contribution in [0.25, 0.3) is 0 Å². The number of amides is 3. The lowest BCUT2D eigenvalue weighted by Gasteiger charge is -2.15. The molecular weight excluding hydrogens is 511 g/mol. The van der Waals surface area contributed by atoms with Crippen molar-refractivity contribution in [3.05, 3.63) is 94.7 Å². The first kappa shape index (κ1) is 25.8. The number of rotatable bonds is 7. The molecule has 0 aliphatic carbocycles. The normalized spacial score (nSPS) is 13.7. The van der Waals surface area contributed by atoms with E-state index in [0.29, 0.717) is 23.7 Å². The van der Waals surface area contributed by atoms with Crippen molar-refractivity contribution in [3.8, 4) is 5.75 Å². The topological polar surface area (TPSA) is 87.7 Å². The number of hydrogen-bond donors (Lipinski definition) is 2. The molecule has 4 rings (SSSR count). The van der Waals surface area contributed by atoms with Gasteiger partial charge in [0.1, 0.15) is 16.5 Å². The Kier molecular flexibility index (Phi) is 7.21. The summed E-state index contributed by atoms with van der Waals surface area (Å²) in [5.41, 5.74) is -0.198. The summed E-state index contributed by atoms with van der Waals surface area (Å²) in [5, 5.41) is 4.91. The number of carbonyl (C=O) groups excluding carboxylic acids is 3. The molecule has 0 atom stereocenters. The van der Waals surface area contributed by atoms with Gasteiger partial charge in [-0.05, 0) is 73.7 Å². The van der Waals surface area contributed by atoms with Crippen LogP contribution in [-0.2, 0) is 15.8 Å². The molecule has 7 nitrogen and oxygen atoms in total. The molecule has 1 aliphatic rings. The van der Waals surface area contributed by atoms with Gasteiger partial charge in [-0.15, -0.1) is 0 Å². The van der Waals surface area contributed by atoms with E-state index < -0.39 is 29.5 Å². The van der Waals surface area contributed by atoms with Gasteiger partial charge in [0.15, 0.2) is 0 Å². The van der Waals surface area contributed by atoms with E-state index in [4.69, 9.17) is 16.3 Å². The molecule has 0 fully saturated rings. The van der Waals surface area contributed by atoms with Gasteiger partial charge in [0.05, 0.1) is 17.9 Å². The summed E-state index contributed by atoms with van der Waals surface area (Å²) in [6.45, 7) is 2.30. The molecule has 0 unspecified atom stereocenters. The maximum atomic E-state index is 12.9. The Morgan fingerprint density at radius 3 is 2.24 bits per heavy atom. The zero-order chi connectivity index (χ0) is 26.7. The third kappa shape index (κ3) is 5.59. The van der Waals surface area contributed by atoms with Gasteiger partial charge in [-0.25, -0.2) is 4.90 Å². The Hall–Kier alpha value is -4.31. The monoisotopic (exact) mass is 529 g/mol. The molecule has 11 heteroatoms. The second kappa shape index (κ2) is 10.4. The molecule has 0 spiro atoms. The molecule has 1 aliphatic heterocycles. The fraction of sp³-hybridized carbons (Fsp3) is 0.115. The van der Waals surface area contributed by atoms with Crippen LogP contribution in [0.2, 0.25) is 0 Å². The Morgan fingerprint density at radius 2 is 1.62 bits per heavy atom. The second-order valence-electron chi connectivity index (χ2n) is 7.80. The number of imide groups is 1. The maximum absolute atomic E-state index is 12.9. The summed E-state index contributed by atoms with van der Waals surface area (Å²) in [6.07, 6.45) is -4.54. The molecule has 3 aromatic carbocycles. The molecule has 2 N–H and O–H groups in total. The number of alkyl halides is 3. The standard InChI is InChI=1S/C26H19ClF3N3O4/c1-2-37-20-12-10-19(11-13-20)33-24(35)21(27)22(25(33)36)31-17-8-6-15(7-9-17)23(34)32-18-5-3-4-16(14-18)26(28,29)30/h3-14,31H,2H2,1H3,(H,32,34).